The van der Waals surface area contributed by atoms with Crippen LogP contribution in [-0.4, -0.2) is 24.7 Å². The number of nitrogens with one attached hydrogen (secondary N) is 1. The number of hydrogen-bond donors (Lipinski definition) is 1. The Morgan fingerprint density at radius 2 is 1.79 bits per heavy atom. The fraction of sp³-hybridized carbons (Fsp3) is 0.192. The van der Waals surface area contributed by atoms with Crippen molar-refractivity contribution in [3.05, 3.63) is 92.9 Å². The van der Waals surface area contributed by atoms with Gasteiger partial charge < -0.3 is 9.47 Å². The summed E-state index contributed by atoms with van der Waals surface area (Å²) in [6.45, 7) is 1.98. The standard InChI is InChI=1S/C26H24BrClN2O4/c1-2-3-4-18-5-12-23(13-6-18)33-17-25(31)30-29-16-20-15-21(27)9-14-24(20)34-26(32)19-7-10-22(28)11-8-19/h5-16H,2-4,17H2,1H3,(H,30,31)/b29-16-. The molecular formula is C26H24BrClN2O4. The van der Waals surface area contributed by atoms with Gasteiger partial charge in [0.25, 0.3) is 5.91 Å². The Kier molecular flexibility index (Phi) is 9.67. The fourth-order valence-electron chi connectivity index (χ4n) is 2.95. The highest BCUT2D eigenvalue weighted by atomic mass is 79.9. The maximum Gasteiger partial charge on any atom is 0.343 e. The molecule has 0 heterocycles. The van der Waals surface area contributed by atoms with E-state index in [0.29, 0.717) is 27.6 Å². The molecule has 1 N–H and O–H groups in total. The zero-order valence-electron chi connectivity index (χ0n) is 18.6. The minimum atomic E-state index is -0.535. The van der Waals surface area contributed by atoms with Gasteiger partial charge >= 0.3 is 5.97 Å². The SMILES string of the molecule is CCCCc1ccc(OCC(=O)N/N=C\c2cc(Br)ccc2OC(=O)c2ccc(Cl)cc2)cc1. The van der Waals surface area contributed by atoms with Crippen molar-refractivity contribution in [1.82, 2.24) is 5.43 Å². The highest BCUT2D eigenvalue weighted by Gasteiger charge is 2.12. The second kappa shape index (κ2) is 12.9. The van der Waals surface area contributed by atoms with Crippen LogP contribution in [0.1, 0.15) is 41.3 Å². The molecule has 0 aliphatic rings. The molecule has 1 amide bonds. The third-order valence-electron chi connectivity index (χ3n) is 4.76. The van der Waals surface area contributed by atoms with E-state index in [9.17, 15) is 9.59 Å². The van der Waals surface area contributed by atoms with E-state index in [4.69, 9.17) is 21.1 Å². The van der Waals surface area contributed by atoms with Crippen LogP contribution in [0.5, 0.6) is 11.5 Å². The molecule has 3 rings (SSSR count). The van der Waals surface area contributed by atoms with Gasteiger partial charge in [-0.1, -0.05) is 53.0 Å². The second-order valence-electron chi connectivity index (χ2n) is 7.41. The van der Waals surface area contributed by atoms with Crippen LogP contribution in [0.25, 0.3) is 0 Å². The second-order valence-corrected chi connectivity index (χ2v) is 8.76. The summed E-state index contributed by atoms with van der Waals surface area (Å²) in [5.74, 6) is -0.0452. The van der Waals surface area contributed by atoms with Crippen molar-refractivity contribution in [3.8, 4) is 11.5 Å². The number of hydrazone groups is 1. The number of aryl methyl sites for hydroxylation is 1. The molecule has 176 valence electrons. The molecule has 0 unspecified atom stereocenters. The summed E-state index contributed by atoms with van der Waals surface area (Å²) in [6.07, 6.45) is 4.71. The third-order valence-corrected chi connectivity index (χ3v) is 5.50. The molecule has 0 saturated carbocycles. The Balaban J connectivity index is 1.55. The summed E-state index contributed by atoms with van der Waals surface area (Å²) in [4.78, 5) is 24.5. The zero-order valence-corrected chi connectivity index (χ0v) is 20.9. The highest BCUT2D eigenvalue weighted by Crippen LogP contribution is 2.23. The molecule has 0 saturated heterocycles. The topological polar surface area (TPSA) is 77.0 Å². The van der Waals surface area contributed by atoms with Gasteiger partial charge in [-0.3, -0.25) is 4.79 Å². The van der Waals surface area contributed by atoms with Gasteiger partial charge in [-0.25, -0.2) is 10.2 Å². The van der Waals surface area contributed by atoms with E-state index >= 15 is 0 Å². The molecule has 3 aromatic rings. The van der Waals surface area contributed by atoms with Crippen molar-refractivity contribution in [3.63, 3.8) is 0 Å². The lowest BCUT2D eigenvalue weighted by Gasteiger charge is -2.08. The quantitative estimate of drug-likeness (QED) is 0.143. The number of rotatable bonds is 10. The maximum absolute atomic E-state index is 12.4. The predicted molar refractivity (Wildman–Crippen MR) is 137 cm³/mol. The molecule has 0 radical (unpaired) electrons. The number of hydrogen-bond acceptors (Lipinski definition) is 5. The number of unbranched alkanes of at least 4 members (excludes halogenated alkanes) is 1. The van der Waals surface area contributed by atoms with Crippen LogP contribution in [0, 0.1) is 0 Å². The number of halogens is 2. The first-order valence-electron chi connectivity index (χ1n) is 10.8. The van der Waals surface area contributed by atoms with Crippen molar-refractivity contribution < 1.29 is 19.1 Å². The lowest BCUT2D eigenvalue weighted by atomic mass is 10.1. The van der Waals surface area contributed by atoms with E-state index < -0.39 is 11.9 Å². The minimum absolute atomic E-state index is 0.178. The molecule has 34 heavy (non-hydrogen) atoms. The number of amides is 1. The van der Waals surface area contributed by atoms with Crippen molar-refractivity contribution in [2.45, 2.75) is 26.2 Å². The number of carbonyl (C=O) groups is 2. The molecular weight excluding hydrogens is 520 g/mol. The monoisotopic (exact) mass is 542 g/mol. The van der Waals surface area contributed by atoms with Crippen molar-refractivity contribution >= 4 is 45.6 Å². The molecule has 0 bridgehead atoms. The number of esters is 1. The van der Waals surface area contributed by atoms with Crippen LogP contribution < -0.4 is 14.9 Å². The maximum atomic E-state index is 12.4. The van der Waals surface area contributed by atoms with Gasteiger partial charge in [0.1, 0.15) is 11.5 Å². The van der Waals surface area contributed by atoms with Crippen molar-refractivity contribution in [1.29, 1.82) is 0 Å². The van der Waals surface area contributed by atoms with Gasteiger partial charge in [-0.15, -0.1) is 0 Å². The molecule has 0 spiro atoms. The number of benzene rings is 3. The summed E-state index contributed by atoms with van der Waals surface area (Å²) in [6, 6.07) is 19.2. The number of carbonyl (C=O) groups excluding carboxylic acids is 2. The van der Waals surface area contributed by atoms with E-state index in [-0.39, 0.29) is 6.61 Å². The van der Waals surface area contributed by atoms with Gasteiger partial charge in [-0.05, 0) is 73.0 Å². The van der Waals surface area contributed by atoms with Gasteiger partial charge in [0.15, 0.2) is 6.61 Å². The number of nitrogens with zero attached hydrogens (tertiary/aromatic N) is 1. The first-order chi connectivity index (χ1) is 16.4. The summed E-state index contributed by atoms with van der Waals surface area (Å²) in [5.41, 5.74) is 4.52. The molecule has 8 heteroatoms. The van der Waals surface area contributed by atoms with E-state index in [2.05, 4.69) is 33.4 Å². The van der Waals surface area contributed by atoms with E-state index in [1.165, 1.54) is 11.8 Å². The van der Waals surface area contributed by atoms with Crippen LogP contribution in [-0.2, 0) is 11.2 Å². The first kappa shape index (κ1) is 25.5. The number of ether oxygens (including phenoxy) is 2. The summed E-state index contributed by atoms with van der Waals surface area (Å²) in [5, 5.41) is 4.49. The summed E-state index contributed by atoms with van der Waals surface area (Å²) < 4.78 is 11.8. The Morgan fingerprint density at radius 3 is 2.50 bits per heavy atom. The van der Waals surface area contributed by atoms with Crippen molar-refractivity contribution in [2.75, 3.05) is 6.61 Å². The van der Waals surface area contributed by atoms with E-state index in [1.807, 2.05) is 24.3 Å². The Morgan fingerprint density at radius 1 is 1.06 bits per heavy atom. The Hall–Kier alpha value is -3.16. The lowest BCUT2D eigenvalue weighted by Crippen LogP contribution is -2.24. The van der Waals surface area contributed by atoms with Crippen LogP contribution in [0.2, 0.25) is 5.02 Å². The lowest BCUT2D eigenvalue weighted by molar-refractivity contribution is -0.123. The van der Waals surface area contributed by atoms with Gasteiger partial charge in [-0.2, -0.15) is 5.10 Å². The molecule has 0 aromatic heterocycles. The van der Waals surface area contributed by atoms with E-state index in [1.54, 1.807) is 42.5 Å². The minimum Gasteiger partial charge on any atom is -0.484 e. The highest BCUT2D eigenvalue weighted by molar-refractivity contribution is 9.10. The average Bonchev–Trinajstić information content (AvgIpc) is 2.84. The largest absolute Gasteiger partial charge is 0.484 e. The van der Waals surface area contributed by atoms with Crippen LogP contribution in [0.15, 0.2) is 76.3 Å². The van der Waals surface area contributed by atoms with Gasteiger partial charge in [0.2, 0.25) is 0 Å². The van der Waals surface area contributed by atoms with Crippen molar-refractivity contribution in [2.24, 2.45) is 5.10 Å². The summed E-state index contributed by atoms with van der Waals surface area (Å²) >= 11 is 9.25. The molecule has 6 nitrogen and oxygen atoms in total. The first-order valence-corrected chi connectivity index (χ1v) is 11.9. The van der Waals surface area contributed by atoms with Crippen LogP contribution >= 0.6 is 27.5 Å². The van der Waals surface area contributed by atoms with Crippen LogP contribution in [0.3, 0.4) is 0 Å². The zero-order chi connectivity index (χ0) is 24.3. The molecule has 0 aliphatic heterocycles. The summed E-state index contributed by atoms with van der Waals surface area (Å²) in [7, 11) is 0. The predicted octanol–water partition coefficient (Wildman–Crippen LogP) is 6.19. The Bertz CT molecular complexity index is 1150. The molecule has 0 fully saturated rings. The smallest absolute Gasteiger partial charge is 0.343 e. The molecule has 0 atom stereocenters. The Labute approximate surface area is 212 Å². The third kappa shape index (κ3) is 8.01. The normalized spacial score (nSPS) is 10.8. The molecule has 3 aromatic carbocycles. The van der Waals surface area contributed by atoms with Crippen LogP contribution in [0.4, 0.5) is 0 Å². The van der Waals surface area contributed by atoms with Gasteiger partial charge in [0.05, 0.1) is 11.8 Å². The van der Waals surface area contributed by atoms with Gasteiger partial charge in [0, 0.05) is 15.1 Å². The fourth-order valence-corrected chi connectivity index (χ4v) is 3.45. The van der Waals surface area contributed by atoms with E-state index in [0.717, 1.165) is 23.7 Å². The average molecular weight is 544 g/mol. The molecule has 0 aliphatic carbocycles.